The number of nitrogens with one attached hydrogen (secondary N) is 1. The van der Waals surface area contributed by atoms with Gasteiger partial charge in [-0.05, 0) is 68.7 Å². The summed E-state index contributed by atoms with van der Waals surface area (Å²) >= 11 is 0. The summed E-state index contributed by atoms with van der Waals surface area (Å²) in [5.74, 6) is -0.235. The smallest absolute Gasteiger partial charge is 0.261 e. The number of aliphatic imine (C=N–C) groups is 1. The highest BCUT2D eigenvalue weighted by molar-refractivity contribution is 6.04. The summed E-state index contributed by atoms with van der Waals surface area (Å²) in [4.78, 5) is 21.3. The lowest BCUT2D eigenvalue weighted by Crippen LogP contribution is -2.42. The van der Waals surface area contributed by atoms with E-state index in [4.69, 9.17) is 4.74 Å². The number of allylic oxidation sites excluding steroid dienone is 3. The number of carbonyl (C=O) groups excluding carboxylic acids is 1. The Labute approximate surface area is 211 Å². The normalized spacial score (nSPS) is 16.9. The molecule has 1 N–H and O–H groups in total. The number of aryl methyl sites for hydroxylation is 1. The fourth-order valence-electron chi connectivity index (χ4n) is 4.25. The second-order valence-electron chi connectivity index (χ2n) is 9.85. The number of carbonyl (C=O) groups is 1. The van der Waals surface area contributed by atoms with Gasteiger partial charge in [-0.2, -0.15) is 9.49 Å². The Bertz CT molecular complexity index is 1260. The first-order valence-electron chi connectivity index (χ1n) is 11.9. The number of hydrogen-bond acceptors (Lipinski definition) is 5. The predicted octanol–water partition coefficient (Wildman–Crippen LogP) is 4.38. The Morgan fingerprint density at radius 2 is 1.97 bits per heavy atom. The van der Waals surface area contributed by atoms with Crippen molar-refractivity contribution in [1.82, 2.24) is 19.6 Å². The van der Waals surface area contributed by atoms with Crippen LogP contribution in [0.2, 0.25) is 0 Å². The summed E-state index contributed by atoms with van der Waals surface area (Å²) in [7, 11) is 1.73. The third-order valence-corrected chi connectivity index (χ3v) is 6.13. The van der Waals surface area contributed by atoms with Crippen LogP contribution in [0.15, 0.2) is 59.6 Å². The first-order valence-corrected chi connectivity index (χ1v) is 11.9. The van der Waals surface area contributed by atoms with Crippen LogP contribution in [0.25, 0.3) is 5.57 Å². The number of hydrogen-bond donors (Lipinski definition) is 1. The highest BCUT2D eigenvalue weighted by Gasteiger charge is 2.26. The lowest BCUT2D eigenvalue weighted by molar-refractivity contribution is 0.0459. The molecule has 0 saturated carbocycles. The number of halogens is 1. The predicted molar refractivity (Wildman–Crippen MR) is 140 cm³/mol. The SMILES string of the molecule is C=C1C=C(c2cc(NC(=O)c3cnn(C(C)(C)C)c3F)ccc2C)C=C(N2CCOCC2)N1/C=N\C. The van der Waals surface area contributed by atoms with Gasteiger partial charge in [-0.15, -0.1) is 0 Å². The summed E-state index contributed by atoms with van der Waals surface area (Å²) in [6, 6.07) is 5.64. The van der Waals surface area contributed by atoms with E-state index in [1.807, 2.05) is 56.9 Å². The Balaban J connectivity index is 1.64. The van der Waals surface area contributed by atoms with Crippen LogP contribution >= 0.6 is 0 Å². The molecule has 0 aliphatic carbocycles. The van der Waals surface area contributed by atoms with Gasteiger partial charge in [0.1, 0.15) is 11.4 Å². The molecule has 2 aliphatic heterocycles. The maximum atomic E-state index is 14.9. The van der Waals surface area contributed by atoms with Gasteiger partial charge >= 0.3 is 0 Å². The van der Waals surface area contributed by atoms with Gasteiger partial charge in [0.15, 0.2) is 0 Å². The summed E-state index contributed by atoms with van der Waals surface area (Å²) in [6.07, 6.45) is 7.11. The van der Waals surface area contributed by atoms with E-state index in [-0.39, 0.29) is 5.56 Å². The van der Waals surface area contributed by atoms with Gasteiger partial charge < -0.3 is 15.0 Å². The minimum Gasteiger partial charge on any atom is -0.378 e. The molecule has 1 fully saturated rings. The molecule has 36 heavy (non-hydrogen) atoms. The molecule has 1 aromatic heterocycles. The molecule has 0 unspecified atom stereocenters. The molecule has 0 bridgehead atoms. The average molecular weight is 493 g/mol. The molecule has 190 valence electrons. The minimum atomic E-state index is -0.658. The van der Waals surface area contributed by atoms with E-state index in [0.29, 0.717) is 18.9 Å². The van der Waals surface area contributed by atoms with Crippen molar-refractivity contribution in [1.29, 1.82) is 0 Å². The number of benzene rings is 1. The zero-order valence-electron chi connectivity index (χ0n) is 21.5. The Kier molecular flexibility index (Phi) is 7.12. The van der Waals surface area contributed by atoms with E-state index in [9.17, 15) is 9.18 Å². The molecule has 3 heterocycles. The van der Waals surface area contributed by atoms with E-state index < -0.39 is 17.4 Å². The van der Waals surface area contributed by atoms with Gasteiger partial charge in [0.2, 0.25) is 5.95 Å². The van der Waals surface area contributed by atoms with Crippen LogP contribution in [0, 0.1) is 12.9 Å². The van der Waals surface area contributed by atoms with Crippen LogP contribution in [-0.2, 0) is 10.3 Å². The average Bonchev–Trinajstić information content (AvgIpc) is 3.24. The van der Waals surface area contributed by atoms with Crippen LogP contribution in [0.5, 0.6) is 0 Å². The quantitative estimate of drug-likeness (QED) is 0.495. The van der Waals surface area contributed by atoms with E-state index >= 15 is 0 Å². The molecule has 1 aromatic carbocycles. The lowest BCUT2D eigenvalue weighted by atomic mass is 9.96. The van der Waals surface area contributed by atoms with Crippen molar-refractivity contribution in [3.8, 4) is 0 Å². The molecule has 1 saturated heterocycles. The standard InChI is InChI=1S/C27H33FN6O2/c1-18-7-8-21(31-26(35)23-16-30-34(25(23)28)27(3,4)5)15-22(18)20-13-19(2)33(17-29-6)24(14-20)32-9-11-36-12-10-32/h7-8,13-17H,2,9-12H2,1,3-6H3,(H,31,35)/b29-17-. The minimum absolute atomic E-state index is 0.0960. The molecule has 0 atom stereocenters. The van der Waals surface area contributed by atoms with Gasteiger partial charge in [-0.1, -0.05) is 12.6 Å². The van der Waals surface area contributed by atoms with Crippen molar-refractivity contribution < 1.29 is 13.9 Å². The van der Waals surface area contributed by atoms with E-state index in [2.05, 4.69) is 33.0 Å². The van der Waals surface area contributed by atoms with Crippen molar-refractivity contribution in [2.45, 2.75) is 33.2 Å². The van der Waals surface area contributed by atoms with Crippen LogP contribution in [-0.4, -0.2) is 65.2 Å². The van der Waals surface area contributed by atoms with Crippen molar-refractivity contribution >= 4 is 23.5 Å². The third kappa shape index (κ3) is 5.11. The van der Waals surface area contributed by atoms with Gasteiger partial charge in [0.05, 0.1) is 31.3 Å². The molecule has 8 nitrogen and oxygen atoms in total. The van der Waals surface area contributed by atoms with Crippen LogP contribution in [0.3, 0.4) is 0 Å². The van der Waals surface area contributed by atoms with E-state index in [1.54, 1.807) is 13.4 Å². The van der Waals surface area contributed by atoms with Crippen LogP contribution in [0.4, 0.5) is 10.1 Å². The van der Waals surface area contributed by atoms with E-state index in [1.165, 1.54) is 10.9 Å². The number of morpholine rings is 1. The monoisotopic (exact) mass is 492 g/mol. The van der Waals surface area contributed by atoms with Crippen molar-refractivity contribution in [3.63, 3.8) is 0 Å². The number of ether oxygens (including phenoxy) is 1. The second-order valence-corrected chi connectivity index (χ2v) is 9.85. The highest BCUT2D eigenvalue weighted by atomic mass is 19.1. The Morgan fingerprint density at radius 1 is 1.25 bits per heavy atom. The van der Waals surface area contributed by atoms with E-state index in [0.717, 1.165) is 41.3 Å². The van der Waals surface area contributed by atoms with Crippen LogP contribution < -0.4 is 5.32 Å². The molecule has 0 spiro atoms. The van der Waals surface area contributed by atoms with Gasteiger partial charge in [-0.25, -0.2) is 4.68 Å². The number of rotatable bonds is 5. The largest absolute Gasteiger partial charge is 0.378 e. The molecule has 1 amide bonds. The fraction of sp³-hybridized carbons (Fsp3) is 0.370. The van der Waals surface area contributed by atoms with Crippen molar-refractivity contribution in [2.24, 2.45) is 4.99 Å². The summed E-state index contributed by atoms with van der Waals surface area (Å²) in [5, 5.41) is 6.89. The topological polar surface area (TPSA) is 75.0 Å². The second kappa shape index (κ2) is 10.1. The van der Waals surface area contributed by atoms with Gasteiger partial charge in [0, 0.05) is 31.5 Å². The highest BCUT2D eigenvalue weighted by Crippen LogP contribution is 2.33. The number of nitrogens with zero attached hydrogens (tertiary/aromatic N) is 5. The maximum Gasteiger partial charge on any atom is 0.261 e. The molecular weight excluding hydrogens is 459 g/mol. The van der Waals surface area contributed by atoms with Crippen LogP contribution in [0.1, 0.15) is 42.3 Å². The fourth-order valence-corrected chi connectivity index (χ4v) is 4.25. The zero-order valence-corrected chi connectivity index (χ0v) is 21.5. The molecule has 0 radical (unpaired) electrons. The molecule has 9 heteroatoms. The Morgan fingerprint density at radius 3 is 2.61 bits per heavy atom. The third-order valence-electron chi connectivity index (χ3n) is 6.13. The van der Waals surface area contributed by atoms with Crippen molar-refractivity contribution in [3.05, 3.63) is 77.3 Å². The van der Waals surface area contributed by atoms with Gasteiger partial charge in [-0.3, -0.25) is 14.7 Å². The number of anilines is 1. The molecule has 2 aromatic rings. The summed E-state index contributed by atoms with van der Waals surface area (Å²) in [6.45, 7) is 14.6. The molecule has 2 aliphatic rings. The first-order chi connectivity index (χ1) is 17.1. The molecule has 4 rings (SSSR count). The summed E-state index contributed by atoms with van der Waals surface area (Å²) < 4.78 is 21.6. The van der Waals surface area contributed by atoms with Crippen molar-refractivity contribution in [2.75, 3.05) is 38.7 Å². The number of amides is 1. The zero-order chi connectivity index (χ0) is 26.0. The molecular formula is C27H33FN6O2. The lowest BCUT2D eigenvalue weighted by Gasteiger charge is -2.38. The Hall–Kier alpha value is -3.72. The first kappa shape index (κ1) is 25.4. The number of aromatic nitrogens is 2. The summed E-state index contributed by atoms with van der Waals surface area (Å²) in [5.41, 5.74) is 3.62. The van der Waals surface area contributed by atoms with Gasteiger partial charge in [0.25, 0.3) is 5.91 Å². The maximum absolute atomic E-state index is 14.9.